The number of hydrogen-bond donors (Lipinski definition) is 3. The van der Waals surface area contributed by atoms with Gasteiger partial charge in [0.1, 0.15) is 5.75 Å². The van der Waals surface area contributed by atoms with E-state index in [9.17, 15) is 9.59 Å². The Kier molecular flexibility index (Phi) is 7.18. The first-order valence-electron chi connectivity index (χ1n) is 6.44. The van der Waals surface area contributed by atoms with Crippen molar-refractivity contribution < 1.29 is 24.5 Å². The molecule has 1 rings (SSSR count). The van der Waals surface area contributed by atoms with Gasteiger partial charge in [0.15, 0.2) is 6.10 Å². The molecule has 7 heteroatoms. The van der Waals surface area contributed by atoms with Crippen molar-refractivity contribution >= 4 is 27.8 Å². The molecule has 0 heterocycles. The smallest absolute Gasteiger partial charge is 0.332 e. The summed E-state index contributed by atoms with van der Waals surface area (Å²) in [6.07, 6.45) is -0.588. The fraction of sp³-hybridized carbons (Fsp3) is 0.429. The molecule has 0 radical (unpaired) electrons. The third kappa shape index (κ3) is 6.14. The lowest BCUT2D eigenvalue weighted by Crippen LogP contribution is -2.30. The van der Waals surface area contributed by atoms with Gasteiger partial charge < -0.3 is 20.3 Å². The summed E-state index contributed by atoms with van der Waals surface area (Å²) in [7, 11) is 1.58. The summed E-state index contributed by atoms with van der Waals surface area (Å²) < 4.78 is 5.95. The normalized spacial score (nSPS) is 11.8. The zero-order valence-corrected chi connectivity index (χ0v) is 13.2. The lowest BCUT2D eigenvalue weighted by Gasteiger charge is -2.08. The number of ether oxygens (including phenoxy) is 1. The molecule has 0 aliphatic heterocycles. The van der Waals surface area contributed by atoms with E-state index < -0.39 is 12.1 Å². The number of benzene rings is 1. The number of aliphatic carboxylic acids is 1. The summed E-state index contributed by atoms with van der Waals surface area (Å²) in [4.78, 5) is 22.0. The molecule has 0 spiro atoms. The molecule has 116 valence electrons. The van der Waals surface area contributed by atoms with Crippen LogP contribution in [0.2, 0.25) is 0 Å². The molecule has 1 amide bonds. The monoisotopic (exact) mass is 359 g/mol. The number of aliphatic hydroxyl groups is 1. The Hall–Kier alpha value is -1.60. The molecule has 0 bridgehead atoms. The Morgan fingerprint density at radius 1 is 1.43 bits per heavy atom. The fourth-order valence-electron chi connectivity index (χ4n) is 1.68. The van der Waals surface area contributed by atoms with Gasteiger partial charge in [0.05, 0.1) is 11.6 Å². The quantitative estimate of drug-likeness (QED) is 0.650. The van der Waals surface area contributed by atoms with Crippen molar-refractivity contribution in [2.75, 3.05) is 13.7 Å². The molecule has 6 nitrogen and oxygen atoms in total. The Labute approximate surface area is 131 Å². The second-order valence-corrected chi connectivity index (χ2v) is 5.32. The van der Waals surface area contributed by atoms with Crippen LogP contribution in [0.4, 0.5) is 0 Å². The summed E-state index contributed by atoms with van der Waals surface area (Å²) in [5.74, 6) is -0.738. The first-order valence-corrected chi connectivity index (χ1v) is 7.23. The highest BCUT2D eigenvalue weighted by Crippen LogP contribution is 2.25. The minimum atomic E-state index is -1.44. The number of rotatable bonds is 8. The van der Waals surface area contributed by atoms with Crippen LogP contribution in [0.25, 0.3) is 0 Å². The minimum absolute atomic E-state index is 0.00480. The van der Waals surface area contributed by atoms with Gasteiger partial charge in [-0.2, -0.15) is 0 Å². The van der Waals surface area contributed by atoms with Gasteiger partial charge in [0.25, 0.3) is 0 Å². The molecular weight excluding hydrogens is 342 g/mol. The van der Waals surface area contributed by atoms with Crippen molar-refractivity contribution in [3.8, 4) is 5.75 Å². The van der Waals surface area contributed by atoms with Crippen LogP contribution in [0.3, 0.4) is 0 Å². The fourth-order valence-corrected chi connectivity index (χ4v) is 2.27. The third-order valence-electron chi connectivity index (χ3n) is 2.88. The molecule has 21 heavy (non-hydrogen) atoms. The molecule has 0 aliphatic carbocycles. The number of aryl methyl sites for hydroxylation is 1. The molecule has 1 unspecified atom stereocenters. The van der Waals surface area contributed by atoms with Gasteiger partial charge in [-0.15, -0.1) is 0 Å². The number of carboxylic acids is 1. The largest absolute Gasteiger partial charge is 0.496 e. The van der Waals surface area contributed by atoms with Crippen LogP contribution in [-0.4, -0.2) is 41.8 Å². The molecule has 0 fully saturated rings. The Morgan fingerprint density at radius 2 is 2.14 bits per heavy atom. The number of amides is 1. The van der Waals surface area contributed by atoms with Crippen molar-refractivity contribution in [3.05, 3.63) is 28.2 Å². The van der Waals surface area contributed by atoms with E-state index in [1.54, 1.807) is 7.11 Å². The molecule has 0 aliphatic rings. The highest BCUT2D eigenvalue weighted by molar-refractivity contribution is 9.10. The van der Waals surface area contributed by atoms with Crippen LogP contribution < -0.4 is 10.1 Å². The summed E-state index contributed by atoms with van der Waals surface area (Å²) in [5.41, 5.74) is 0.989. The van der Waals surface area contributed by atoms with Crippen LogP contribution in [0.5, 0.6) is 5.75 Å². The predicted octanol–water partition coefficient (Wildman–Crippen LogP) is 1.34. The average Bonchev–Trinajstić information content (AvgIpc) is 2.45. The van der Waals surface area contributed by atoms with Crippen molar-refractivity contribution in [1.82, 2.24) is 5.32 Å². The van der Waals surface area contributed by atoms with Gasteiger partial charge in [-0.1, -0.05) is 6.07 Å². The second-order valence-electron chi connectivity index (χ2n) is 4.46. The van der Waals surface area contributed by atoms with Crippen molar-refractivity contribution in [2.24, 2.45) is 0 Å². The van der Waals surface area contributed by atoms with Gasteiger partial charge >= 0.3 is 5.97 Å². The van der Waals surface area contributed by atoms with Crippen molar-refractivity contribution in [3.63, 3.8) is 0 Å². The number of methoxy groups -OCH3 is 1. The Balaban J connectivity index is 2.33. The number of carbonyl (C=O) groups excluding carboxylic acids is 1. The van der Waals surface area contributed by atoms with E-state index in [2.05, 4.69) is 21.2 Å². The Morgan fingerprint density at radius 3 is 2.71 bits per heavy atom. The zero-order valence-electron chi connectivity index (χ0n) is 11.6. The average molecular weight is 360 g/mol. The lowest BCUT2D eigenvalue weighted by atomic mass is 10.1. The first-order chi connectivity index (χ1) is 9.93. The topological polar surface area (TPSA) is 95.9 Å². The molecule has 1 aromatic rings. The van der Waals surface area contributed by atoms with Crippen LogP contribution in [0.15, 0.2) is 22.7 Å². The number of aliphatic hydroxyl groups excluding tert-OH is 1. The number of carbonyl (C=O) groups is 2. The molecule has 0 aromatic heterocycles. The number of hydrogen-bond acceptors (Lipinski definition) is 4. The van der Waals surface area contributed by atoms with E-state index in [0.29, 0.717) is 12.8 Å². The maximum absolute atomic E-state index is 11.6. The van der Waals surface area contributed by atoms with Crippen LogP contribution in [0, 0.1) is 0 Å². The SMILES string of the molecule is COc1ccc(CCC(=O)NCCC(O)C(=O)O)cc1Br. The van der Waals surface area contributed by atoms with E-state index in [-0.39, 0.29) is 18.9 Å². The molecule has 1 atom stereocenters. The number of nitrogens with one attached hydrogen (secondary N) is 1. The van der Waals surface area contributed by atoms with Gasteiger partial charge in [-0.3, -0.25) is 4.79 Å². The maximum Gasteiger partial charge on any atom is 0.332 e. The summed E-state index contributed by atoms with van der Waals surface area (Å²) in [6.45, 7) is 0.138. The second kappa shape index (κ2) is 8.63. The number of halogens is 1. The maximum atomic E-state index is 11.6. The summed E-state index contributed by atoms with van der Waals surface area (Å²) in [6, 6.07) is 5.59. The lowest BCUT2D eigenvalue weighted by molar-refractivity contribution is -0.147. The third-order valence-corrected chi connectivity index (χ3v) is 3.50. The van der Waals surface area contributed by atoms with Gasteiger partial charge in [0.2, 0.25) is 5.91 Å². The van der Waals surface area contributed by atoms with Gasteiger partial charge in [-0.05, 0) is 40.0 Å². The van der Waals surface area contributed by atoms with Gasteiger partial charge in [0, 0.05) is 19.4 Å². The molecule has 0 saturated heterocycles. The highest BCUT2D eigenvalue weighted by Gasteiger charge is 2.12. The van der Waals surface area contributed by atoms with Crippen LogP contribution in [0.1, 0.15) is 18.4 Å². The summed E-state index contributed by atoms with van der Waals surface area (Å²) >= 11 is 3.38. The van der Waals surface area contributed by atoms with E-state index in [4.69, 9.17) is 14.9 Å². The molecular formula is C14H18BrNO5. The minimum Gasteiger partial charge on any atom is -0.496 e. The zero-order chi connectivity index (χ0) is 15.8. The standard InChI is InChI=1S/C14H18BrNO5/c1-21-12-4-2-9(8-10(12)15)3-5-13(18)16-7-6-11(17)14(19)20/h2,4,8,11,17H,3,5-7H2,1H3,(H,16,18)(H,19,20). The van der Waals surface area contributed by atoms with Crippen LogP contribution >= 0.6 is 15.9 Å². The molecule has 3 N–H and O–H groups in total. The highest BCUT2D eigenvalue weighted by atomic mass is 79.9. The molecule has 1 aromatic carbocycles. The predicted molar refractivity (Wildman–Crippen MR) is 80.3 cm³/mol. The van der Waals surface area contributed by atoms with E-state index in [0.717, 1.165) is 15.8 Å². The van der Waals surface area contributed by atoms with E-state index in [1.807, 2.05) is 18.2 Å². The van der Waals surface area contributed by atoms with E-state index >= 15 is 0 Å². The summed E-state index contributed by atoms with van der Waals surface area (Å²) in [5, 5.41) is 20.1. The van der Waals surface area contributed by atoms with E-state index in [1.165, 1.54) is 0 Å². The van der Waals surface area contributed by atoms with Crippen molar-refractivity contribution in [2.45, 2.75) is 25.4 Å². The number of carboxylic acid groups (broad SMARTS) is 1. The van der Waals surface area contributed by atoms with Crippen molar-refractivity contribution in [1.29, 1.82) is 0 Å². The molecule has 0 saturated carbocycles. The van der Waals surface area contributed by atoms with Crippen LogP contribution in [-0.2, 0) is 16.0 Å². The first kappa shape index (κ1) is 17.5. The Bertz CT molecular complexity index is 506. The van der Waals surface area contributed by atoms with Gasteiger partial charge in [-0.25, -0.2) is 4.79 Å².